The zero-order chi connectivity index (χ0) is 14.8. The highest BCUT2D eigenvalue weighted by molar-refractivity contribution is 7.89. The van der Waals surface area contributed by atoms with Gasteiger partial charge < -0.3 is 5.32 Å². The second kappa shape index (κ2) is 6.08. The van der Waals surface area contributed by atoms with Crippen molar-refractivity contribution < 1.29 is 8.42 Å². The number of benzene rings is 1. The SMILES string of the molecule is C=CCN(C)S(=O)(=O)c1cccc(CNC2CC2)c1C. The molecule has 0 bridgehead atoms. The minimum Gasteiger partial charge on any atom is -0.310 e. The number of nitrogens with zero attached hydrogens (tertiary/aromatic N) is 1. The first-order valence-electron chi connectivity index (χ1n) is 6.86. The molecule has 0 aromatic heterocycles. The van der Waals surface area contributed by atoms with Crippen LogP contribution in [0, 0.1) is 6.92 Å². The lowest BCUT2D eigenvalue weighted by Gasteiger charge is -2.18. The highest BCUT2D eigenvalue weighted by atomic mass is 32.2. The minimum absolute atomic E-state index is 0.312. The Labute approximate surface area is 121 Å². The van der Waals surface area contributed by atoms with Crippen molar-refractivity contribution in [3.63, 3.8) is 0 Å². The van der Waals surface area contributed by atoms with Gasteiger partial charge in [0.15, 0.2) is 0 Å². The summed E-state index contributed by atoms with van der Waals surface area (Å²) in [4.78, 5) is 0.386. The third-order valence-corrected chi connectivity index (χ3v) is 5.60. The van der Waals surface area contributed by atoms with Crippen molar-refractivity contribution in [1.29, 1.82) is 0 Å². The van der Waals surface area contributed by atoms with E-state index in [9.17, 15) is 8.42 Å². The van der Waals surface area contributed by atoms with Gasteiger partial charge in [-0.3, -0.25) is 0 Å². The summed E-state index contributed by atoms with van der Waals surface area (Å²) in [6.45, 7) is 6.50. The van der Waals surface area contributed by atoms with Crippen LogP contribution < -0.4 is 5.32 Å². The molecule has 20 heavy (non-hydrogen) atoms. The summed E-state index contributed by atoms with van der Waals surface area (Å²) in [5.41, 5.74) is 1.88. The Morgan fingerprint density at radius 1 is 1.45 bits per heavy atom. The molecule has 1 saturated carbocycles. The molecule has 110 valence electrons. The molecule has 1 aliphatic carbocycles. The highest BCUT2D eigenvalue weighted by Gasteiger charge is 2.24. The van der Waals surface area contributed by atoms with Crippen molar-refractivity contribution in [1.82, 2.24) is 9.62 Å². The van der Waals surface area contributed by atoms with Gasteiger partial charge in [-0.25, -0.2) is 8.42 Å². The fourth-order valence-electron chi connectivity index (χ4n) is 2.12. The van der Waals surface area contributed by atoms with Crippen molar-refractivity contribution in [3.05, 3.63) is 42.0 Å². The van der Waals surface area contributed by atoms with Gasteiger partial charge in [-0.1, -0.05) is 18.2 Å². The van der Waals surface area contributed by atoms with Gasteiger partial charge in [-0.15, -0.1) is 6.58 Å². The van der Waals surface area contributed by atoms with Gasteiger partial charge in [0.2, 0.25) is 10.0 Å². The lowest BCUT2D eigenvalue weighted by atomic mass is 10.1. The molecule has 5 heteroatoms. The predicted octanol–water partition coefficient (Wildman–Crippen LogP) is 2.05. The second-order valence-corrected chi connectivity index (χ2v) is 7.28. The summed E-state index contributed by atoms with van der Waals surface area (Å²) in [5, 5.41) is 3.42. The number of sulfonamides is 1. The molecule has 0 amide bonds. The Morgan fingerprint density at radius 2 is 2.15 bits per heavy atom. The van der Waals surface area contributed by atoms with E-state index in [2.05, 4.69) is 11.9 Å². The Bertz CT molecular complexity index is 592. The third-order valence-electron chi connectivity index (χ3n) is 3.63. The molecule has 0 aliphatic heterocycles. The normalized spacial score (nSPS) is 15.6. The van der Waals surface area contributed by atoms with Crippen molar-refractivity contribution in [2.24, 2.45) is 0 Å². The smallest absolute Gasteiger partial charge is 0.243 e. The molecular weight excluding hydrogens is 272 g/mol. The molecule has 0 saturated heterocycles. The molecule has 4 nitrogen and oxygen atoms in total. The maximum atomic E-state index is 12.5. The topological polar surface area (TPSA) is 49.4 Å². The first-order valence-corrected chi connectivity index (χ1v) is 8.30. The first-order chi connectivity index (χ1) is 9.46. The molecule has 1 N–H and O–H groups in total. The molecule has 0 radical (unpaired) electrons. The van der Waals surface area contributed by atoms with Gasteiger partial charge in [0, 0.05) is 26.2 Å². The quantitative estimate of drug-likeness (QED) is 0.783. The molecule has 1 aromatic rings. The van der Waals surface area contributed by atoms with E-state index in [1.165, 1.54) is 17.1 Å². The molecule has 0 heterocycles. The van der Waals surface area contributed by atoms with E-state index in [1.54, 1.807) is 19.2 Å². The lowest BCUT2D eigenvalue weighted by Crippen LogP contribution is -2.28. The van der Waals surface area contributed by atoms with Crippen LogP contribution in [0.1, 0.15) is 24.0 Å². The van der Waals surface area contributed by atoms with Crippen molar-refractivity contribution in [2.45, 2.75) is 37.2 Å². The number of hydrogen-bond donors (Lipinski definition) is 1. The van der Waals surface area contributed by atoms with Gasteiger partial charge >= 0.3 is 0 Å². The van der Waals surface area contributed by atoms with Gasteiger partial charge in [0.25, 0.3) is 0 Å². The Hall–Kier alpha value is -1.17. The molecule has 0 atom stereocenters. The minimum atomic E-state index is -3.44. The maximum absolute atomic E-state index is 12.5. The number of rotatable bonds is 7. The number of nitrogens with one attached hydrogen (secondary N) is 1. The lowest BCUT2D eigenvalue weighted by molar-refractivity contribution is 0.498. The predicted molar refractivity (Wildman–Crippen MR) is 81.1 cm³/mol. The van der Waals surface area contributed by atoms with Gasteiger partial charge in [-0.2, -0.15) is 4.31 Å². The summed E-state index contributed by atoms with van der Waals surface area (Å²) in [7, 11) is -1.87. The van der Waals surface area contributed by atoms with Crippen LogP contribution in [0.15, 0.2) is 35.7 Å². The van der Waals surface area contributed by atoms with Crippen LogP contribution in [0.25, 0.3) is 0 Å². The molecule has 1 fully saturated rings. The standard InChI is InChI=1S/C15H22N2O2S/c1-4-10-17(3)20(18,19)15-7-5-6-13(12(15)2)11-16-14-8-9-14/h4-7,14,16H,1,8-11H2,2-3H3. The highest BCUT2D eigenvalue weighted by Crippen LogP contribution is 2.24. The van der Waals surface area contributed by atoms with Gasteiger partial charge in [0.05, 0.1) is 4.90 Å². The van der Waals surface area contributed by atoms with Crippen LogP contribution in [-0.2, 0) is 16.6 Å². The van der Waals surface area contributed by atoms with Crippen LogP contribution in [0.4, 0.5) is 0 Å². The largest absolute Gasteiger partial charge is 0.310 e. The number of likely N-dealkylation sites (N-methyl/N-ethyl adjacent to an activating group) is 1. The van der Waals surface area contributed by atoms with E-state index in [1.807, 2.05) is 19.1 Å². The summed E-state index contributed by atoms with van der Waals surface area (Å²) < 4.78 is 26.3. The van der Waals surface area contributed by atoms with E-state index in [4.69, 9.17) is 0 Å². The molecular formula is C15H22N2O2S. The van der Waals surface area contributed by atoms with Crippen molar-refractivity contribution in [3.8, 4) is 0 Å². The van der Waals surface area contributed by atoms with Crippen molar-refractivity contribution >= 4 is 10.0 Å². The van der Waals surface area contributed by atoms with Crippen LogP contribution in [0.2, 0.25) is 0 Å². The van der Waals surface area contributed by atoms with Crippen LogP contribution >= 0.6 is 0 Å². The summed E-state index contributed by atoms with van der Waals surface area (Å²) in [6, 6.07) is 6.08. The fourth-order valence-corrected chi connectivity index (χ4v) is 3.53. The zero-order valence-corrected chi connectivity index (χ0v) is 12.9. The zero-order valence-electron chi connectivity index (χ0n) is 12.1. The first kappa shape index (κ1) is 15.2. The van der Waals surface area contributed by atoms with Gasteiger partial charge in [0.1, 0.15) is 0 Å². The summed E-state index contributed by atoms with van der Waals surface area (Å²) in [6.07, 6.45) is 4.03. The molecule has 1 aliphatic rings. The average Bonchev–Trinajstić information content (AvgIpc) is 3.21. The van der Waals surface area contributed by atoms with E-state index >= 15 is 0 Å². The average molecular weight is 294 g/mol. The monoisotopic (exact) mass is 294 g/mol. The Balaban J connectivity index is 2.26. The maximum Gasteiger partial charge on any atom is 0.243 e. The van der Waals surface area contributed by atoms with E-state index in [0.717, 1.165) is 17.7 Å². The number of hydrogen-bond acceptors (Lipinski definition) is 3. The van der Waals surface area contributed by atoms with Crippen molar-refractivity contribution in [2.75, 3.05) is 13.6 Å². The van der Waals surface area contributed by atoms with Crippen LogP contribution in [0.5, 0.6) is 0 Å². The second-order valence-electron chi connectivity index (χ2n) is 5.27. The summed E-state index contributed by atoms with van der Waals surface area (Å²) in [5.74, 6) is 0. The van der Waals surface area contributed by atoms with Gasteiger partial charge in [-0.05, 0) is 37.0 Å². The Kier molecular flexibility index (Phi) is 4.62. The van der Waals surface area contributed by atoms with E-state index < -0.39 is 10.0 Å². The van der Waals surface area contributed by atoms with E-state index in [-0.39, 0.29) is 0 Å². The van der Waals surface area contributed by atoms with Crippen LogP contribution in [-0.4, -0.2) is 32.4 Å². The van der Waals surface area contributed by atoms with Crippen LogP contribution in [0.3, 0.4) is 0 Å². The summed E-state index contributed by atoms with van der Waals surface area (Å²) >= 11 is 0. The Morgan fingerprint density at radius 3 is 2.75 bits per heavy atom. The molecule has 0 unspecified atom stereocenters. The molecule has 2 rings (SSSR count). The third kappa shape index (κ3) is 3.29. The molecule has 0 spiro atoms. The van der Waals surface area contributed by atoms with E-state index in [0.29, 0.717) is 17.5 Å². The molecule has 1 aromatic carbocycles. The fraction of sp³-hybridized carbons (Fsp3) is 0.467.